The van der Waals surface area contributed by atoms with Crippen LogP contribution in [0.4, 0.5) is 11.4 Å². The third kappa shape index (κ3) is 3.18. The molecule has 1 saturated carbocycles. The van der Waals surface area contributed by atoms with Crippen molar-refractivity contribution in [3.8, 4) is 0 Å². The van der Waals surface area contributed by atoms with Gasteiger partial charge >= 0.3 is 0 Å². The number of nitro benzene ring substituents is 1. The monoisotopic (exact) mass is 282 g/mol. The smallest absolute Gasteiger partial charge is 0.292 e. The Labute approximate surface area is 118 Å². The Kier molecular flexibility index (Phi) is 4.30. The summed E-state index contributed by atoms with van der Waals surface area (Å²) < 4.78 is 0. The Morgan fingerprint density at radius 3 is 2.68 bits per heavy atom. The number of halogens is 1. The van der Waals surface area contributed by atoms with Gasteiger partial charge < -0.3 is 5.32 Å². The van der Waals surface area contributed by atoms with Gasteiger partial charge in [-0.1, -0.05) is 31.4 Å². The molecule has 104 valence electrons. The number of benzene rings is 1. The van der Waals surface area contributed by atoms with Crippen LogP contribution in [0.3, 0.4) is 0 Å². The third-order valence-corrected chi connectivity index (χ3v) is 4.46. The number of nitrogens with one attached hydrogen (secondary N) is 1. The van der Waals surface area contributed by atoms with Crippen molar-refractivity contribution in [3.05, 3.63) is 33.3 Å². The van der Waals surface area contributed by atoms with Crippen molar-refractivity contribution in [2.24, 2.45) is 5.41 Å². The van der Waals surface area contributed by atoms with Gasteiger partial charge in [0.05, 0.1) is 4.92 Å². The van der Waals surface area contributed by atoms with E-state index < -0.39 is 0 Å². The number of nitro groups is 1. The van der Waals surface area contributed by atoms with E-state index in [1.54, 1.807) is 12.1 Å². The number of nitrogens with zero attached hydrogens (tertiary/aromatic N) is 1. The van der Waals surface area contributed by atoms with Gasteiger partial charge in [0.25, 0.3) is 5.69 Å². The minimum Gasteiger partial charge on any atom is -0.379 e. The minimum atomic E-state index is -0.369. The Hall–Kier alpha value is -1.29. The second-order valence-corrected chi connectivity index (χ2v) is 5.77. The first kappa shape index (κ1) is 14.1. The maximum absolute atomic E-state index is 11.0. The van der Waals surface area contributed by atoms with E-state index in [-0.39, 0.29) is 16.0 Å². The Balaban J connectivity index is 2.14. The number of anilines is 1. The van der Waals surface area contributed by atoms with Crippen molar-refractivity contribution >= 4 is 23.0 Å². The second kappa shape index (κ2) is 5.78. The van der Waals surface area contributed by atoms with Crippen molar-refractivity contribution in [1.82, 2.24) is 0 Å². The topological polar surface area (TPSA) is 55.2 Å². The Morgan fingerprint density at radius 1 is 1.42 bits per heavy atom. The molecule has 1 N–H and O–H groups in total. The molecule has 0 radical (unpaired) electrons. The van der Waals surface area contributed by atoms with Gasteiger partial charge in [0.15, 0.2) is 0 Å². The molecule has 0 spiro atoms. The summed E-state index contributed by atoms with van der Waals surface area (Å²) in [6.45, 7) is 2.98. The fourth-order valence-corrected chi connectivity index (χ4v) is 3.04. The largest absolute Gasteiger partial charge is 0.379 e. The number of hydrogen-bond acceptors (Lipinski definition) is 3. The first-order chi connectivity index (χ1) is 9.06. The summed E-state index contributed by atoms with van der Waals surface area (Å²) in [5, 5.41) is 14.8. The van der Waals surface area contributed by atoms with E-state index in [4.69, 9.17) is 11.6 Å². The standard InChI is InChI=1S/C14H19ClN2O2/c1-2-14(7-3-4-8-14)10-16-12-9-11(15)5-6-13(12)17(18)19/h5-6,9,16H,2-4,7-8,10H2,1H3. The van der Waals surface area contributed by atoms with Gasteiger partial charge in [-0.15, -0.1) is 0 Å². The van der Waals surface area contributed by atoms with Gasteiger partial charge in [-0.2, -0.15) is 0 Å². The quantitative estimate of drug-likeness (QED) is 0.633. The molecule has 0 unspecified atom stereocenters. The van der Waals surface area contributed by atoms with Gasteiger partial charge in [-0.05, 0) is 36.8 Å². The fraction of sp³-hybridized carbons (Fsp3) is 0.571. The number of rotatable bonds is 5. The van der Waals surface area contributed by atoms with Crippen LogP contribution in [0.15, 0.2) is 18.2 Å². The van der Waals surface area contributed by atoms with Gasteiger partial charge in [-0.3, -0.25) is 10.1 Å². The van der Waals surface area contributed by atoms with Crippen molar-refractivity contribution in [3.63, 3.8) is 0 Å². The van der Waals surface area contributed by atoms with E-state index in [0.717, 1.165) is 13.0 Å². The summed E-state index contributed by atoms with van der Waals surface area (Å²) in [4.78, 5) is 10.6. The molecule has 5 heteroatoms. The second-order valence-electron chi connectivity index (χ2n) is 5.33. The van der Waals surface area contributed by atoms with Crippen LogP contribution in [0.2, 0.25) is 5.02 Å². The molecule has 1 aromatic rings. The van der Waals surface area contributed by atoms with E-state index in [0.29, 0.717) is 10.7 Å². The molecule has 1 fully saturated rings. The third-order valence-electron chi connectivity index (χ3n) is 4.22. The van der Waals surface area contributed by atoms with Crippen LogP contribution in [0.25, 0.3) is 0 Å². The van der Waals surface area contributed by atoms with Gasteiger partial charge in [-0.25, -0.2) is 0 Å². The SMILES string of the molecule is CCC1(CNc2cc(Cl)ccc2[N+](=O)[O-])CCCC1. The summed E-state index contributed by atoms with van der Waals surface area (Å²) in [5.41, 5.74) is 0.904. The molecular formula is C14H19ClN2O2. The first-order valence-electron chi connectivity index (χ1n) is 6.74. The van der Waals surface area contributed by atoms with E-state index in [1.807, 2.05) is 0 Å². The highest BCUT2D eigenvalue weighted by Gasteiger charge is 2.32. The van der Waals surface area contributed by atoms with E-state index in [9.17, 15) is 10.1 Å². The molecule has 0 bridgehead atoms. The molecule has 1 aliphatic carbocycles. The highest BCUT2D eigenvalue weighted by Crippen LogP contribution is 2.41. The lowest BCUT2D eigenvalue weighted by Crippen LogP contribution is -2.26. The fourth-order valence-electron chi connectivity index (χ4n) is 2.87. The molecule has 0 saturated heterocycles. The molecule has 1 aromatic carbocycles. The summed E-state index contributed by atoms with van der Waals surface area (Å²) >= 11 is 5.92. The Morgan fingerprint density at radius 2 is 2.11 bits per heavy atom. The zero-order chi connectivity index (χ0) is 13.9. The predicted molar refractivity (Wildman–Crippen MR) is 77.8 cm³/mol. The van der Waals surface area contributed by atoms with Crippen LogP contribution in [0, 0.1) is 15.5 Å². The van der Waals surface area contributed by atoms with Crippen molar-refractivity contribution in [2.75, 3.05) is 11.9 Å². The lowest BCUT2D eigenvalue weighted by atomic mass is 9.83. The van der Waals surface area contributed by atoms with E-state index >= 15 is 0 Å². The average Bonchev–Trinajstić information content (AvgIpc) is 2.85. The van der Waals surface area contributed by atoms with Crippen molar-refractivity contribution in [1.29, 1.82) is 0 Å². The van der Waals surface area contributed by atoms with Crippen molar-refractivity contribution < 1.29 is 4.92 Å². The van der Waals surface area contributed by atoms with Gasteiger partial charge in [0, 0.05) is 17.6 Å². The Bertz CT molecular complexity index is 471. The summed E-state index contributed by atoms with van der Waals surface area (Å²) in [6, 6.07) is 4.64. The molecule has 4 nitrogen and oxygen atoms in total. The molecule has 0 aromatic heterocycles. The molecule has 0 amide bonds. The number of hydrogen-bond donors (Lipinski definition) is 1. The van der Waals surface area contributed by atoms with E-state index in [1.165, 1.54) is 31.7 Å². The highest BCUT2D eigenvalue weighted by molar-refractivity contribution is 6.31. The van der Waals surface area contributed by atoms with Crippen LogP contribution >= 0.6 is 11.6 Å². The molecular weight excluding hydrogens is 264 g/mol. The summed E-state index contributed by atoms with van der Waals surface area (Å²) in [6.07, 6.45) is 6.02. The first-order valence-corrected chi connectivity index (χ1v) is 7.12. The van der Waals surface area contributed by atoms with Crippen LogP contribution < -0.4 is 5.32 Å². The van der Waals surface area contributed by atoms with Gasteiger partial charge in [0.1, 0.15) is 5.69 Å². The highest BCUT2D eigenvalue weighted by atomic mass is 35.5. The summed E-state index contributed by atoms with van der Waals surface area (Å²) in [7, 11) is 0. The predicted octanol–water partition coefficient (Wildman–Crippen LogP) is 4.63. The summed E-state index contributed by atoms with van der Waals surface area (Å²) in [5.74, 6) is 0. The molecule has 1 aliphatic rings. The molecule has 2 rings (SSSR count). The lowest BCUT2D eigenvalue weighted by Gasteiger charge is -2.28. The van der Waals surface area contributed by atoms with Crippen molar-refractivity contribution in [2.45, 2.75) is 39.0 Å². The zero-order valence-corrected chi connectivity index (χ0v) is 11.9. The van der Waals surface area contributed by atoms with Crippen LogP contribution in [-0.4, -0.2) is 11.5 Å². The average molecular weight is 283 g/mol. The normalized spacial score (nSPS) is 17.4. The molecule has 0 aliphatic heterocycles. The van der Waals surface area contributed by atoms with Crippen LogP contribution in [0.1, 0.15) is 39.0 Å². The molecule has 19 heavy (non-hydrogen) atoms. The minimum absolute atomic E-state index is 0.0913. The molecule has 0 heterocycles. The molecule has 0 atom stereocenters. The lowest BCUT2D eigenvalue weighted by molar-refractivity contribution is -0.384. The maximum Gasteiger partial charge on any atom is 0.292 e. The van der Waals surface area contributed by atoms with E-state index in [2.05, 4.69) is 12.2 Å². The zero-order valence-electron chi connectivity index (χ0n) is 11.1. The maximum atomic E-state index is 11.0. The van der Waals surface area contributed by atoms with Crippen LogP contribution in [-0.2, 0) is 0 Å². The van der Waals surface area contributed by atoms with Crippen LogP contribution in [0.5, 0.6) is 0 Å². The van der Waals surface area contributed by atoms with Gasteiger partial charge in [0.2, 0.25) is 0 Å².